The number of hydrogen-bond donors (Lipinski definition) is 0. The Hall–Kier alpha value is -2.08. The van der Waals surface area contributed by atoms with Gasteiger partial charge in [-0.1, -0.05) is 12.1 Å². The summed E-state index contributed by atoms with van der Waals surface area (Å²) in [6.45, 7) is 5.30. The fourth-order valence-corrected chi connectivity index (χ4v) is 3.31. The molecule has 0 radical (unpaired) electrons. The van der Waals surface area contributed by atoms with Crippen LogP contribution in [-0.4, -0.2) is 79.4 Å². The molecule has 3 rings (SSSR count). The van der Waals surface area contributed by atoms with Crippen molar-refractivity contribution < 1.29 is 14.3 Å². The van der Waals surface area contributed by atoms with Crippen molar-refractivity contribution in [1.82, 2.24) is 14.7 Å². The van der Waals surface area contributed by atoms with E-state index in [1.54, 1.807) is 0 Å². The molecule has 0 spiro atoms. The molecule has 1 aromatic rings. The molecular formula is C19H27N3O3. The predicted octanol–water partition coefficient (Wildman–Crippen LogP) is 0.995. The van der Waals surface area contributed by atoms with E-state index in [0.29, 0.717) is 32.6 Å². The minimum atomic E-state index is -0.199. The summed E-state index contributed by atoms with van der Waals surface area (Å²) < 4.78 is 5.90. The van der Waals surface area contributed by atoms with Gasteiger partial charge in [0.05, 0.1) is 19.0 Å². The largest absolute Gasteiger partial charge is 0.487 e. The Morgan fingerprint density at radius 2 is 2.04 bits per heavy atom. The summed E-state index contributed by atoms with van der Waals surface area (Å²) in [4.78, 5) is 30.3. The van der Waals surface area contributed by atoms with Crippen LogP contribution in [0, 0.1) is 12.8 Å². The molecular weight excluding hydrogens is 318 g/mol. The number of amides is 2. The first-order valence-corrected chi connectivity index (χ1v) is 8.87. The lowest BCUT2D eigenvalue weighted by Crippen LogP contribution is -2.57. The molecule has 0 aliphatic carbocycles. The number of likely N-dealkylation sites (tertiary alicyclic amines) is 2. The number of ether oxygens (including phenoxy) is 1. The molecule has 25 heavy (non-hydrogen) atoms. The Bertz CT molecular complexity index is 641. The Kier molecular flexibility index (Phi) is 5.27. The van der Waals surface area contributed by atoms with Gasteiger partial charge in [-0.05, 0) is 38.7 Å². The molecule has 2 saturated heterocycles. The van der Waals surface area contributed by atoms with Gasteiger partial charge in [-0.25, -0.2) is 0 Å². The van der Waals surface area contributed by atoms with Gasteiger partial charge in [0.2, 0.25) is 11.8 Å². The average molecular weight is 345 g/mol. The molecule has 1 atom stereocenters. The smallest absolute Gasteiger partial charge is 0.228 e. The fraction of sp³-hybridized carbons (Fsp3) is 0.579. The van der Waals surface area contributed by atoms with Gasteiger partial charge in [0.15, 0.2) is 0 Å². The molecule has 6 heteroatoms. The van der Waals surface area contributed by atoms with Crippen LogP contribution in [0.25, 0.3) is 0 Å². The molecule has 2 amide bonds. The SMILES string of the molecule is Cc1cccc(OC2CN(C(=O)[C@@H]3CC(=O)N(CCN(C)C)C3)C2)c1. The van der Waals surface area contributed by atoms with Crippen LogP contribution < -0.4 is 4.74 Å². The van der Waals surface area contributed by atoms with Crippen LogP contribution in [0.15, 0.2) is 24.3 Å². The zero-order valence-electron chi connectivity index (χ0n) is 15.3. The number of carbonyl (C=O) groups is 2. The molecule has 2 heterocycles. The summed E-state index contributed by atoms with van der Waals surface area (Å²) in [5.41, 5.74) is 1.16. The summed E-state index contributed by atoms with van der Waals surface area (Å²) in [6.07, 6.45) is 0.388. The van der Waals surface area contributed by atoms with Gasteiger partial charge in [-0.15, -0.1) is 0 Å². The molecule has 0 aromatic heterocycles. The number of likely N-dealkylation sites (N-methyl/N-ethyl adjacent to an activating group) is 1. The first kappa shape index (κ1) is 17.7. The predicted molar refractivity (Wildman–Crippen MR) is 95.4 cm³/mol. The molecule has 2 fully saturated rings. The molecule has 2 aliphatic rings. The fourth-order valence-electron chi connectivity index (χ4n) is 3.31. The second-order valence-corrected chi connectivity index (χ2v) is 7.34. The zero-order chi connectivity index (χ0) is 18.0. The van der Waals surface area contributed by atoms with E-state index in [1.807, 2.05) is 60.0 Å². The first-order valence-electron chi connectivity index (χ1n) is 8.87. The van der Waals surface area contributed by atoms with Gasteiger partial charge >= 0.3 is 0 Å². The summed E-state index contributed by atoms with van der Waals surface area (Å²) in [7, 11) is 3.97. The number of carbonyl (C=O) groups excluding carboxylic acids is 2. The van der Waals surface area contributed by atoms with Crippen LogP contribution in [0.1, 0.15) is 12.0 Å². The van der Waals surface area contributed by atoms with E-state index in [2.05, 4.69) is 0 Å². The molecule has 6 nitrogen and oxygen atoms in total. The first-order chi connectivity index (χ1) is 11.9. The van der Waals surface area contributed by atoms with Gasteiger partial charge in [0.1, 0.15) is 11.9 Å². The Morgan fingerprint density at radius 3 is 2.72 bits per heavy atom. The van der Waals surface area contributed by atoms with E-state index in [-0.39, 0.29) is 23.8 Å². The highest BCUT2D eigenvalue weighted by Crippen LogP contribution is 2.25. The molecule has 1 aromatic carbocycles. The highest BCUT2D eigenvalue weighted by atomic mass is 16.5. The van der Waals surface area contributed by atoms with Gasteiger partial charge < -0.3 is 19.4 Å². The third-order valence-corrected chi connectivity index (χ3v) is 4.83. The molecule has 2 aliphatic heterocycles. The van der Waals surface area contributed by atoms with Crippen molar-refractivity contribution in [2.75, 3.05) is 46.8 Å². The van der Waals surface area contributed by atoms with Crippen LogP contribution in [0.4, 0.5) is 0 Å². The summed E-state index contributed by atoms with van der Waals surface area (Å²) >= 11 is 0. The van der Waals surface area contributed by atoms with Crippen LogP contribution >= 0.6 is 0 Å². The molecule has 0 saturated carbocycles. The molecule has 0 bridgehead atoms. The number of hydrogen-bond acceptors (Lipinski definition) is 4. The Balaban J connectivity index is 1.45. The van der Waals surface area contributed by atoms with Crippen molar-refractivity contribution >= 4 is 11.8 Å². The normalized spacial score (nSPS) is 21.0. The second kappa shape index (κ2) is 7.44. The highest BCUT2D eigenvalue weighted by molar-refractivity contribution is 5.89. The minimum Gasteiger partial charge on any atom is -0.487 e. The maximum Gasteiger partial charge on any atom is 0.228 e. The van der Waals surface area contributed by atoms with Crippen LogP contribution in [0.2, 0.25) is 0 Å². The Labute approximate surface area is 149 Å². The monoisotopic (exact) mass is 345 g/mol. The van der Waals surface area contributed by atoms with Crippen molar-refractivity contribution in [1.29, 1.82) is 0 Å². The third kappa shape index (κ3) is 4.31. The van der Waals surface area contributed by atoms with Crippen molar-refractivity contribution in [2.45, 2.75) is 19.4 Å². The van der Waals surface area contributed by atoms with E-state index < -0.39 is 0 Å². The molecule has 0 N–H and O–H groups in total. The van der Waals surface area contributed by atoms with Crippen molar-refractivity contribution in [3.63, 3.8) is 0 Å². The maximum atomic E-state index is 12.6. The van der Waals surface area contributed by atoms with Gasteiger partial charge in [-0.3, -0.25) is 9.59 Å². The van der Waals surface area contributed by atoms with Crippen LogP contribution in [-0.2, 0) is 9.59 Å². The van der Waals surface area contributed by atoms with E-state index in [9.17, 15) is 9.59 Å². The van der Waals surface area contributed by atoms with E-state index >= 15 is 0 Å². The third-order valence-electron chi connectivity index (χ3n) is 4.83. The summed E-state index contributed by atoms with van der Waals surface area (Å²) in [5, 5.41) is 0. The summed E-state index contributed by atoms with van der Waals surface area (Å²) in [5.74, 6) is 0.829. The number of nitrogens with zero attached hydrogens (tertiary/aromatic N) is 3. The van der Waals surface area contributed by atoms with Crippen LogP contribution in [0.3, 0.4) is 0 Å². The summed E-state index contributed by atoms with van der Waals surface area (Å²) in [6, 6.07) is 7.94. The van der Waals surface area contributed by atoms with Crippen molar-refractivity contribution in [3.05, 3.63) is 29.8 Å². The maximum absolute atomic E-state index is 12.6. The lowest BCUT2D eigenvalue weighted by Gasteiger charge is -2.40. The lowest BCUT2D eigenvalue weighted by molar-refractivity contribution is -0.144. The number of benzene rings is 1. The van der Waals surface area contributed by atoms with E-state index in [1.165, 1.54) is 0 Å². The van der Waals surface area contributed by atoms with E-state index in [0.717, 1.165) is 17.9 Å². The Morgan fingerprint density at radius 1 is 1.28 bits per heavy atom. The molecule has 0 unspecified atom stereocenters. The van der Waals surface area contributed by atoms with Crippen molar-refractivity contribution in [2.24, 2.45) is 5.92 Å². The lowest BCUT2D eigenvalue weighted by atomic mass is 10.0. The molecule has 136 valence electrons. The van der Waals surface area contributed by atoms with Crippen LogP contribution in [0.5, 0.6) is 5.75 Å². The van der Waals surface area contributed by atoms with Gasteiger partial charge in [0.25, 0.3) is 0 Å². The number of aryl methyl sites for hydroxylation is 1. The average Bonchev–Trinajstić information content (AvgIpc) is 2.89. The van der Waals surface area contributed by atoms with Gasteiger partial charge in [-0.2, -0.15) is 0 Å². The highest BCUT2D eigenvalue weighted by Gasteiger charge is 2.40. The van der Waals surface area contributed by atoms with Crippen molar-refractivity contribution in [3.8, 4) is 5.75 Å². The van der Waals surface area contributed by atoms with E-state index in [4.69, 9.17) is 4.74 Å². The topological polar surface area (TPSA) is 53.1 Å². The van der Waals surface area contributed by atoms with Gasteiger partial charge in [0, 0.05) is 26.1 Å². The zero-order valence-corrected chi connectivity index (χ0v) is 15.3. The number of rotatable bonds is 6. The minimum absolute atomic E-state index is 0.0488. The quantitative estimate of drug-likeness (QED) is 0.772. The standard InChI is InChI=1S/C19H27N3O3/c1-14-5-4-6-16(9-14)25-17-12-22(13-17)19(24)15-10-18(23)21(11-15)8-7-20(2)3/h4-6,9,15,17H,7-8,10-13H2,1-3H3/t15-/m1/s1. The second-order valence-electron chi connectivity index (χ2n) is 7.34.